The van der Waals surface area contributed by atoms with Crippen molar-refractivity contribution in [2.24, 2.45) is 0 Å². The SMILES string of the molecule is Cc1cccc(N)c1S(=O)(=O)Nc1cc(F)cc(F)c1. The number of halogens is 2. The van der Waals surface area contributed by atoms with Crippen LogP contribution in [0.3, 0.4) is 0 Å². The molecular formula is C13H12F2N2O2S. The molecule has 0 saturated heterocycles. The fourth-order valence-corrected chi connectivity index (χ4v) is 3.26. The van der Waals surface area contributed by atoms with Crippen LogP contribution in [0.1, 0.15) is 5.56 Å². The maximum absolute atomic E-state index is 13.1. The second-order valence-electron chi connectivity index (χ2n) is 4.26. The van der Waals surface area contributed by atoms with Crippen LogP contribution >= 0.6 is 0 Å². The second kappa shape index (κ2) is 5.09. The molecule has 0 aromatic heterocycles. The molecule has 3 N–H and O–H groups in total. The Bertz CT molecular complexity index is 720. The Kier molecular flexibility index (Phi) is 3.63. The molecule has 0 fully saturated rings. The van der Waals surface area contributed by atoms with E-state index in [-0.39, 0.29) is 16.3 Å². The maximum atomic E-state index is 13.1. The molecule has 0 aliphatic carbocycles. The van der Waals surface area contributed by atoms with Crippen molar-refractivity contribution in [3.8, 4) is 0 Å². The molecule has 0 amide bonds. The molecule has 20 heavy (non-hydrogen) atoms. The molecule has 2 aromatic rings. The highest BCUT2D eigenvalue weighted by Gasteiger charge is 2.20. The third-order valence-corrected chi connectivity index (χ3v) is 4.23. The van der Waals surface area contributed by atoms with Gasteiger partial charge in [-0.3, -0.25) is 4.72 Å². The molecular weight excluding hydrogens is 286 g/mol. The summed E-state index contributed by atoms with van der Waals surface area (Å²) in [6.45, 7) is 1.58. The van der Waals surface area contributed by atoms with Crippen molar-refractivity contribution in [1.29, 1.82) is 0 Å². The van der Waals surface area contributed by atoms with E-state index in [9.17, 15) is 17.2 Å². The molecule has 106 valence electrons. The third-order valence-electron chi connectivity index (χ3n) is 2.63. The fourth-order valence-electron chi connectivity index (χ4n) is 1.86. The number of rotatable bonds is 3. The molecule has 0 atom stereocenters. The van der Waals surface area contributed by atoms with Crippen LogP contribution < -0.4 is 10.5 Å². The van der Waals surface area contributed by atoms with E-state index in [1.807, 2.05) is 0 Å². The predicted octanol–water partition coefficient (Wildman–Crippen LogP) is 2.66. The van der Waals surface area contributed by atoms with Gasteiger partial charge >= 0.3 is 0 Å². The van der Waals surface area contributed by atoms with Crippen molar-refractivity contribution in [3.05, 3.63) is 53.6 Å². The maximum Gasteiger partial charge on any atom is 0.264 e. The van der Waals surface area contributed by atoms with Gasteiger partial charge < -0.3 is 5.73 Å². The van der Waals surface area contributed by atoms with E-state index >= 15 is 0 Å². The summed E-state index contributed by atoms with van der Waals surface area (Å²) in [5.41, 5.74) is 5.95. The quantitative estimate of drug-likeness (QED) is 0.856. The van der Waals surface area contributed by atoms with Gasteiger partial charge in [-0.1, -0.05) is 12.1 Å². The van der Waals surface area contributed by atoms with Gasteiger partial charge in [0.25, 0.3) is 10.0 Å². The Labute approximate surface area is 115 Å². The monoisotopic (exact) mass is 298 g/mol. The predicted molar refractivity (Wildman–Crippen MR) is 72.8 cm³/mol. The molecule has 0 radical (unpaired) electrons. The molecule has 0 spiro atoms. The van der Waals surface area contributed by atoms with Crippen LogP contribution in [-0.2, 0) is 10.0 Å². The molecule has 0 bridgehead atoms. The van der Waals surface area contributed by atoms with Crippen LogP contribution in [0.15, 0.2) is 41.3 Å². The van der Waals surface area contributed by atoms with Crippen molar-refractivity contribution in [3.63, 3.8) is 0 Å². The number of nitrogens with one attached hydrogen (secondary N) is 1. The average Bonchev–Trinajstić information content (AvgIpc) is 2.25. The number of benzene rings is 2. The molecule has 0 heterocycles. The summed E-state index contributed by atoms with van der Waals surface area (Å²) in [7, 11) is -4.02. The summed E-state index contributed by atoms with van der Waals surface area (Å²) in [6.07, 6.45) is 0. The van der Waals surface area contributed by atoms with E-state index in [1.165, 1.54) is 6.07 Å². The van der Waals surface area contributed by atoms with Gasteiger partial charge in [0.2, 0.25) is 0 Å². The van der Waals surface area contributed by atoms with E-state index in [0.717, 1.165) is 12.1 Å². The summed E-state index contributed by atoms with van der Waals surface area (Å²) >= 11 is 0. The largest absolute Gasteiger partial charge is 0.398 e. The van der Waals surface area contributed by atoms with E-state index < -0.39 is 21.7 Å². The highest BCUT2D eigenvalue weighted by atomic mass is 32.2. The zero-order valence-electron chi connectivity index (χ0n) is 10.5. The van der Waals surface area contributed by atoms with Gasteiger partial charge in [0.15, 0.2) is 0 Å². The van der Waals surface area contributed by atoms with E-state index in [1.54, 1.807) is 19.1 Å². The van der Waals surface area contributed by atoms with Gasteiger partial charge in [0.05, 0.1) is 11.4 Å². The van der Waals surface area contributed by atoms with Crippen LogP contribution in [0.2, 0.25) is 0 Å². The average molecular weight is 298 g/mol. The first-order chi connectivity index (χ1) is 9.29. The first-order valence-corrected chi connectivity index (χ1v) is 7.12. The van der Waals surface area contributed by atoms with Crippen LogP contribution in [-0.4, -0.2) is 8.42 Å². The number of nitrogen functional groups attached to an aromatic ring is 1. The standard InChI is InChI=1S/C13H12F2N2O2S/c1-8-3-2-4-12(16)13(8)20(18,19)17-11-6-9(14)5-10(15)7-11/h2-7,17H,16H2,1H3. The third kappa shape index (κ3) is 2.88. The zero-order chi connectivity index (χ0) is 14.9. The minimum atomic E-state index is -4.02. The lowest BCUT2D eigenvalue weighted by Gasteiger charge is -2.12. The highest BCUT2D eigenvalue weighted by Crippen LogP contribution is 2.25. The molecule has 7 heteroatoms. The lowest BCUT2D eigenvalue weighted by atomic mass is 10.2. The van der Waals surface area contributed by atoms with Gasteiger partial charge in [-0.05, 0) is 30.7 Å². The summed E-state index contributed by atoms with van der Waals surface area (Å²) in [5.74, 6) is -1.75. The molecule has 0 saturated carbocycles. The van der Waals surface area contributed by atoms with Crippen LogP contribution in [0.25, 0.3) is 0 Å². The number of anilines is 2. The summed E-state index contributed by atoms with van der Waals surface area (Å²) in [6, 6.07) is 7.06. The fraction of sp³-hybridized carbons (Fsp3) is 0.0769. The Morgan fingerprint density at radius 1 is 1.10 bits per heavy atom. The number of hydrogen-bond donors (Lipinski definition) is 2. The smallest absolute Gasteiger partial charge is 0.264 e. The molecule has 0 aliphatic rings. The lowest BCUT2D eigenvalue weighted by Crippen LogP contribution is -2.16. The minimum Gasteiger partial charge on any atom is -0.398 e. The second-order valence-corrected chi connectivity index (χ2v) is 5.88. The van der Waals surface area contributed by atoms with Gasteiger partial charge in [0, 0.05) is 6.07 Å². The highest BCUT2D eigenvalue weighted by molar-refractivity contribution is 7.93. The zero-order valence-corrected chi connectivity index (χ0v) is 11.3. The molecule has 2 rings (SSSR count). The number of nitrogens with two attached hydrogens (primary N) is 1. The van der Waals surface area contributed by atoms with Crippen LogP contribution in [0.4, 0.5) is 20.2 Å². The van der Waals surface area contributed by atoms with Crippen molar-refractivity contribution in [2.45, 2.75) is 11.8 Å². The Balaban J connectivity index is 2.46. The summed E-state index contributed by atoms with van der Waals surface area (Å²) in [5, 5.41) is 0. The normalized spacial score (nSPS) is 11.3. The first-order valence-electron chi connectivity index (χ1n) is 5.63. The van der Waals surface area contributed by atoms with Crippen LogP contribution in [0.5, 0.6) is 0 Å². The number of hydrogen-bond acceptors (Lipinski definition) is 3. The van der Waals surface area contributed by atoms with E-state index in [0.29, 0.717) is 11.6 Å². The van der Waals surface area contributed by atoms with Gasteiger partial charge in [-0.25, -0.2) is 17.2 Å². The Hall–Kier alpha value is -2.15. The lowest BCUT2D eigenvalue weighted by molar-refractivity contribution is 0.584. The molecule has 0 unspecified atom stereocenters. The van der Waals surface area contributed by atoms with Crippen molar-refractivity contribution in [2.75, 3.05) is 10.5 Å². The van der Waals surface area contributed by atoms with Gasteiger partial charge in [-0.2, -0.15) is 0 Å². The van der Waals surface area contributed by atoms with Crippen LogP contribution in [0, 0.1) is 18.6 Å². The molecule has 0 aliphatic heterocycles. The van der Waals surface area contributed by atoms with Gasteiger partial charge in [-0.15, -0.1) is 0 Å². The number of aryl methyl sites for hydroxylation is 1. The summed E-state index contributed by atoms with van der Waals surface area (Å²) < 4.78 is 52.7. The minimum absolute atomic E-state index is 0.0642. The first kappa shape index (κ1) is 14.3. The van der Waals surface area contributed by atoms with Crippen molar-refractivity contribution < 1.29 is 17.2 Å². The Morgan fingerprint density at radius 3 is 2.25 bits per heavy atom. The topological polar surface area (TPSA) is 72.2 Å². The van der Waals surface area contributed by atoms with Crippen molar-refractivity contribution in [1.82, 2.24) is 0 Å². The van der Waals surface area contributed by atoms with Gasteiger partial charge in [0.1, 0.15) is 16.5 Å². The van der Waals surface area contributed by atoms with E-state index in [4.69, 9.17) is 5.73 Å². The summed E-state index contributed by atoms with van der Waals surface area (Å²) in [4.78, 5) is -0.107. The molecule has 2 aromatic carbocycles. The molecule has 4 nitrogen and oxygen atoms in total. The Morgan fingerprint density at radius 2 is 1.70 bits per heavy atom. The van der Waals surface area contributed by atoms with E-state index in [2.05, 4.69) is 4.72 Å². The van der Waals surface area contributed by atoms with Crippen molar-refractivity contribution >= 4 is 21.4 Å². The number of sulfonamides is 1.